The Morgan fingerprint density at radius 3 is 2.37 bits per heavy atom. The number of aromatic nitrogens is 1. The normalized spacial score (nSPS) is 11.4. The molecule has 0 aliphatic rings. The Hall–Kier alpha value is -4.03. The molecule has 0 bridgehead atoms. The molecule has 9 heteroatoms. The topological polar surface area (TPSA) is 129 Å². The Labute approximate surface area is 204 Å². The monoisotopic (exact) mass is 490 g/mol. The summed E-state index contributed by atoms with van der Waals surface area (Å²) in [6.07, 6.45) is 4.24. The highest BCUT2D eigenvalue weighted by molar-refractivity contribution is 7.89. The van der Waals surface area contributed by atoms with Crippen molar-refractivity contribution < 1.29 is 18.0 Å². The maximum atomic E-state index is 13.1. The summed E-state index contributed by atoms with van der Waals surface area (Å²) in [5.41, 5.74) is 2.27. The second kappa shape index (κ2) is 10.1. The van der Waals surface area contributed by atoms with Gasteiger partial charge in [-0.3, -0.25) is 14.6 Å². The van der Waals surface area contributed by atoms with Gasteiger partial charge in [0.15, 0.2) is 9.84 Å². The van der Waals surface area contributed by atoms with Crippen LogP contribution in [0.15, 0.2) is 60.9 Å². The molecule has 0 aliphatic carbocycles. The lowest BCUT2D eigenvalue weighted by Gasteiger charge is -2.19. The highest BCUT2D eigenvalue weighted by Gasteiger charge is 2.23. The number of nitrogens with one attached hydrogen (secondary N) is 2. The summed E-state index contributed by atoms with van der Waals surface area (Å²) in [6, 6.07) is 15.3. The molecule has 3 aromatic rings. The summed E-state index contributed by atoms with van der Waals surface area (Å²) in [5.74, 6) is -1.09. The highest BCUT2D eigenvalue weighted by Crippen LogP contribution is 2.26. The second-order valence-electron chi connectivity index (χ2n) is 8.91. The van der Waals surface area contributed by atoms with Crippen molar-refractivity contribution in [2.45, 2.75) is 31.9 Å². The van der Waals surface area contributed by atoms with Gasteiger partial charge in [0.2, 0.25) is 0 Å². The first kappa shape index (κ1) is 25.6. The first-order valence-corrected chi connectivity index (χ1v) is 12.8. The fraction of sp³-hybridized carbons (Fsp3) is 0.231. The minimum absolute atomic E-state index is 0.214. The van der Waals surface area contributed by atoms with Crippen LogP contribution in [0.25, 0.3) is 0 Å². The molecule has 0 atom stereocenters. The van der Waals surface area contributed by atoms with Gasteiger partial charge in [0.1, 0.15) is 0 Å². The summed E-state index contributed by atoms with van der Waals surface area (Å²) >= 11 is 0. The summed E-state index contributed by atoms with van der Waals surface area (Å²) < 4.78 is 23.7. The van der Waals surface area contributed by atoms with E-state index in [-0.39, 0.29) is 17.2 Å². The fourth-order valence-corrected chi connectivity index (χ4v) is 4.19. The first-order chi connectivity index (χ1) is 16.4. The number of anilines is 2. The summed E-state index contributed by atoms with van der Waals surface area (Å²) in [7, 11) is -3.36. The number of hydrogen-bond donors (Lipinski definition) is 2. The number of rotatable bonds is 7. The molecule has 8 nitrogen and oxygen atoms in total. The van der Waals surface area contributed by atoms with Crippen LogP contribution in [0.4, 0.5) is 11.4 Å². The van der Waals surface area contributed by atoms with Gasteiger partial charge in [0, 0.05) is 29.3 Å². The number of aryl methyl sites for hydroxylation is 1. The van der Waals surface area contributed by atoms with Crippen LogP contribution in [0.2, 0.25) is 0 Å². The molecule has 35 heavy (non-hydrogen) atoms. The number of carbonyl (C=O) groups is 2. The van der Waals surface area contributed by atoms with E-state index in [2.05, 4.69) is 21.7 Å². The molecule has 0 spiro atoms. The largest absolute Gasteiger partial charge is 0.322 e. The second-order valence-corrected chi connectivity index (χ2v) is 11.0. The quantitative estimate of drug-likeness (QED) is 0.510. The molecule has 180 valence electrons. The van der Waals surface area contributed by atoms with Crippen molar-refractivity contribution in [2.75, 3.05) is 16.9 Å². The lowest BCUT2D eigenvalue weighted by Crippen LogP contribution is -2.19. The van der Waals surface area contributed by atoms with Crippen LogP contribution in [0.5, 0.6) is 0 Å². The number of nitriles is 1. The molecule has 0 saturated carbocycles. The Morgan fingerprint density at radius 1 is 1.03 bits per heavy atom. The summed E-state index contributed by atoms with van der Waals surface area (Å²) in [6.45, 7) is 5.18. The predicted octanol–water partition coefficient (Wildman–Crippen LogP) is 4.24. The fourth-order valence-electron chi connectivity index (χ4n) is 3.42. The van der Waals surface area contributed by atoms with Crippen molar-refractivity contribution in [3.05, 3.63) is 88.7 Å². The van der Waals surface area contributed by atoms with Gasteiger partial charge in [-0.2, -0.15) is 5.26 Å². The zero-order chi connectivity index (χ0) is 25.8. The first-order valence-electron chi connectivity index (χ1n) is 10.7. The molecule has 0 radical (unpaired) electrons. The Balaban J connectivity index is 1.91. The van der Waals surface area contributed by atoms with E-state index in [1.165, 1.54) is 12.3 Å². The van der Waals surface area contributed by atoms with Crippen molar-refractivity contribution in [3.8, 4) is 6.07 Å². The molecule has 1 aromatic heterocycles. The lowest BCUT2D eigenvalue weighted by molar-refractivity contribution is 0.101. The zero-order valence-corrected chi connectivity index (χ0v) is 20.7. The highest BCUT2D eigenvalue weighted by atomic mass is 32.2. The third kappa shape index (κ3) is 6.74. The van der Waals surface area contributed by atoms with Gasteiger partial charge in [-0.05, 0) is 73.9 Å². The van der Waals surface area contributed by atoms with Crippen LogP contribution < -0.4 is 10.6 Å². The number of carbonyl (C=O) groups excluding carboxylic acids is 2. The van der Waals surface area contributed by atoms with E-state index in [1.807, 2.05) is 0 Å². The molecule has 1 heterocycles. The number of nitrogens with zero attached hydrogens (tertiary/aromatic N) is 2. The summed E-state index contributed by atoms with van der Waals surface area (Å²) in [4.78, 5) is 29.8. The van der Waals surface area contributed by atoms with Gasteiger partial charge in [0.25, 0.3) is 11.8 Å². The molecule has 0 aliphatic heterocycles. The number of pyridine rings is 1. The van der Waals surface area contributed by atoms with E-state index in [9.17, 15) is 23.3 Å². The van der Waals surface area contributed by atoms with Crippen LogP contribution in [-0.2, 0) is 21.0 Å². The number of hydrogen-bond acceptors (Lipinski definition) is 6. The number of sulfone groups is 1. The standard InChI is InChI=1S/C26H26N4O4S/c1-17-7-8-21(13-23(17)25(32)30-22-6-5-9-28-14-22)29-24(31)19-10-18(15-35(4,33)34)11-20(12-19)26(2,3)16-27/h5-14H,15H2,1-4H3,(H,29,31)(H,30,32). The molecule has 3 rings (SSSR count). The van der Waals surface area contributed by atoms with Gasteiger partial charge in [0.05, 0.1) is 29.1 Å². The molecule has 0 unspecified atom stereocenters. The molecule has 2 aromatic carbocycles. The molecular weight excluding hydrogens is 464 g/mol. The number of amides is 2. The zero-order valence-electron chi connectivity index (χ0n) is 19.9. The maximum absolute atomic E-state index is 13.1. The smallest absolute Gasteiger partial charge is 0.256 e. The van der Waals surface area contributed by atoms with E-state index >= 15 is 0 Å². The van der Waals surface area contributed by atoms with Crippen LogP contribution in [0.3, 0.4) is 0 Å². The maximum Gasteiger partial charge on any atom is 0.256 e. The number of benzene rings is 2. The van der Waals surface area contributed by atoms with E-state index in [1.54, 1.807) is 69.4 Å². The Bertz CT molecular complexity index is 1430. The van der Waals surface area contributed by atoms with Crippen LogP contribution in [0, 0.1) is 18.3 Å². The van der Waals surface area contributed by atoms with Crippen molar-refractivity contribution in [2.24, 2.45) is 0 Å². The molecular formula is C26H26N4O4S. The Kier molecular flexibility index (Phi) is 7.37. The van der Waals surface area contributed by atoms with Crippen LogP contribution in [-0.4, -0.2) is 31.5 Å². The van der Waals surface area contributed by atoms with Crippen LogP contribution in [0.1, 0.15) is 51.3 Å². The van der Waals surface area contributed by atoms with Gasteiger partial charge < -0.3 is 10.6 Å². The van der Waals surface area contributed by atoms with E-state index in [0.29, 0.717) is 28.1 Å². The average Bonchev–Trinajstić information content (AvgIpc) is 2.79. The molecule has 2 N–H and O–H groups in total. The molecule has 0 fully saturated rings. The minimum Gasteiger partial charge on any atom is -0.322 e. The third-order valence-electron chi connectivity index (χ3n) is 5.34. The minimum atomic E-state index is -3.36. The molecule has 0 saturated heterocycles. The van der Waals surface area contributed by atoms with E-state index < -0.39 is 21.2 Å². The van der Waals surface area contributed by atoms with Crippen molar-refractivity contribution in [3.63, 3.8) is 0 Å². The van der Waals surface area contributed by atoms with Gasteiger partial charge >= 0.3 is 0 Å². The van der Waals surface area contributed by atoms with Crippen molar-refractivity contribution in [1.82, 2.24) is 4.98 Å². The lowest BCUT2D eigenvalue weighted by atomic mass is 9.84. The third-order valence-corrected chi connectivity index (χ3v) is 6.20. The Morgan fingerprint density at radius 2 is 1.74 bits per heavy atom. The van der Waals surface area contributed by atoms with Gasteiger partial charge in [-0.25, -0.2) is 8.42 Å². The van der Waals surface area contributed by atoms with Crippen LogP contribution >= 0.6 is 0 Å². The predicted molar refractivity (Wildman–Crippen MR) is 135 cm³/mol. The summed E-state index contributed by atoms with van der Waals surface area (Å²) in [5, 5.41) is 15.1. The van der Waals surface area contributed by atoms with E-state index in [4.69, 9.17) is 0 Å². The average molecular weight is 491 g/mol. The SMILES string of the molecule is Cc1ccc(NC(=O)c2cc(CS(C)(=O)=O)cc(C(C)(C)C#N)c2)cc1C(=O)Nc1cccnc1. The van der Waals surface area contributed by atoms with Gasteiger partial charge in [-0.15, -0.1) is 0 Å². The molecule has 2 amide bonds. The van der Waals surface area contributed by atoms with E-state index in [0.717, 1.165) is 11.8 Å². The van der Waals surface area contributed by atoms with Gasteiger partial charge in [-0.1, -0.05) is 12.1 Å². The van der Waals surface area contributed by atoms with Crippen molar-refractivity contribution in [1.29, 1.82) is 5.26 Å². The van der Waals surface area contributed by atoms with Crippen molar-refractivity contribution >= 4 is 33.0 Å².